The molecule has 0 aromatic heterocycles. The zero-order valence-corrected chi connectivity index (χ0v) is 7.74. The highest BCUT2D eigenvalue weighted by Crippen LogP contribution is 1.76. The van der Waals surface area contributed by atoms with Gasteiger partial charge in [-0.25, -0.2) is 0 Å². The van der Waals surface area contributed by atoms with Gasteiger partial charge in [-0.2, -0.15) is 0 Å². The Hall–Kier alpha value is -0.200. The van der Waals surface area contributed by atoms with Crippen LogP contribution in [0.3, 0.4) is 0 Å². The Morgan fingerprint density at radius 2 is 1.33 bits per heavy atom. The highest BCUT2D eigenvalue weighted by Gasteiger charge is 1.91. The first-order chi connectivity index (χ1) is 5.72. The van der Waals surface area contributed by atoms with Gasteiger partial charge < -0.3 is 26.6 Å². The molecule has 0 bridgehead atoms. The van der Waals surface area contributed by atoms with Crippen LogP contribution < -0.4 is 11.5 Å². The van der Waals surface area contributed by atoms with E-state index in [2.05, 4.69) is 0 Å². The van der Waals surface area contributed by atoms with E-state index in [4.69, 9.17) is 21.7 Å². The maximum atomic E-state index is 8.34. The molecular formula is C7H21N3O2. The second kappa shape index (κ2) is 13.4. The van der Waals surface area contributed by atoms with Gasteiger partial charge in [0.25, 0.3) is 0 Å². The van der Waals surface area contributed by atoms with Gasteiger partial charge in [-0.3, -0.25) is 0 Å². The molecule has 0 aliphatic rings. The Bertz CT molecular complexity index is 65.7. The van der Waals surface area contributed by atoms with Crippen molar-refractivity contribution in [3.63, 3.8) is 0 Å². The minimum absolute atomic E-state index is 0.163. The van der Waals surface area contributed by atoms with Crippen LogP contribution in [0.25, 0.3) is 0 Å². The van der Waals surface area contributed by atoms with Gasteiger partial charge in [-0.1, -0.05) is 0 Å². The van der Waals surface area contributed by atoms with Gasteiger partial charge >= 0.3 is 0 Å². The van der Waals surface area contributed by atoms with Crippen molar-refractivity contribution in [3.05, 3.63) is 0 Å². The number of nitrogens with two attached hydrogens (primary N) is 2. The number of aliphatic hydroxyl groups is 2. The third-order valence-electron chi connectivity index (χ3n) is 1.13. The molecule has 0 aromatic carbocycles. The molecule has 5 heteroatoms. The number of rotatable bonds is 5. The summed E-state index contributed by atoms with van der Waals surface area (Å²) in [5, 5.41) is 16.7. The topological polar surface area (TPSA) is 95.7 Å². The van der Waals surface area contributed by atoms with Crippen LogP contribution in [0, 0.1) is 0 Å². The van der Waals surface area contributed by atoms with Crippen molar-refractivity contribution in [2.24, 2.45) is 11.5 Å². The molecule has 0 rings (SSSR count). The second-order valence-corrected chi connectivity index (χ2v) is 2.33. The van der Waals surface area contributed by atoms with Crippen molar-refractivity contribution >= 4 is 0 Å². The fraction of sp³-hybridized carbons (Fsp3) is 1.00. The van der Waals surface area contributed by atoms with Crippen molar-refractivity contribution in [1.82, 2.24) is 4.90 Å². The fourth-order valence-electron chi connectivity index (χ4n) is 0.453. The minimum atomic E-state index is 0.163. The van der Waals surface area contributed by atoms with E-state index in [9.17, 15) is 0 Å². The minimum Gasteiger partial charge on any atom is -0.395 e. The van der Waals surface area contributed by atoms with Gasteiger partial charge in [-0.15, -0.1) is 0 Å². The van der Waals surface area contributed by atoms with Crippen molar-refractivity contribution in [3.8, 4) is 0 Å². The Kier molecular flexibility index (Phi) is 16.0. The molecule has 0 amide bonds. The number of nitrogens with zero attached hydrogens (tertiary/aromatic N) is 1. The summed E-state index contributed by atoms with van der Waals surface area (Å²) in [5.74, 6) is 0. The van der Waals surface area contributed by atoms with Gasteiger partial charge in [0.15, 0.2) is 0 Å². The molecule has 0 aliphatic heterocycles. The largest absolute Gasteiger partial charge is 0.395 e. The lowest BCUT2D eigenvalue weighted by molar-refractivity contribution is 0.184. The standard InChI is InChI=1S/C5H13NO2.C2H8N2/c1-6(2-4-7)3-5-8;3-1-2-4/h7-8H,2-5H2,1H3;1-4H2. The van der Waals surface area contributed by atoms with Gasteiger partial charge in [0, 0.05) is 26.2 Å². The van der Waals surface area contributed by atoms with Gasteiger partial charge in [0.2, 0.25) is 0 Å². The van der Waals surface area contributed by atoms with E-state index in [-0.39, 0.29) is 13.2 Å². The predicted molar refractivity (Wildman–Crippen MR) is 49.8 cm³/mol. The Labute approximate surface area is 74.0 Å². The molecule has 0 aliphatic carbocycles. The van der Waals surface area contributed by atoms with Crippen molar-refractivity contribution in [2.45, 2.75) is 0 Å². The Balaban J connectivity index is 0. The molecule has 0 spiro atoms. The molecule has 0 saturated carbocycles. The average Bonchev–Trinajstić information content (AvgIpc) is 2.06. The second-order valence-electron chi connectivity index (χ2n) is 2.33. The first-order valence-corrected chi connectivity index (χ1v) is 4.03. The van der Waals surface area contributed by atoms with Crippen LogP contribution in [-0.2, 0) is 0 Å². The smallest absolute Gasteiger partial charge is 0.0558 e. The molecule has 5 nitrogen and oxygen atoms in total. The number of likely N-dealkylation sites (N-methyl/N-ethyl adjacent to an activating group) is 1. The van der Waals surface area contributed by atoms with Crippen LogP contribution in [0.1, 0.15) is 0 Å². The van der Waals surface area contributed by atoms with Gasteiger partial charge in [-0.05, 0) is 7.05 Å². The van der Waals surface area contributed by atoms with Crippen LogP contribution >= 0.6 is 0 Å². The summed E-state index contributed by atoms with van der Waals surface area (Å²) < 4.78 is 0. The normalized spacial score (nSPS) is 9.50. The zero-order valence-electron chi connectivity index (χ0n) is 7.74. The molecule has 0 saturated heterocycles. The van der Waals surface area contributed by atoms with Gasteiger partial charge in [0.1, 0.15) is 0 Å². The summed E-state index contributed by atoms with van der Waals surface area (Å²) in [4.78, 5) is 1.86. The molecule has 0 heterocycles. The third kappa shape index (κ3) is 16.4. The van der Waals surface area contributed by atoms with E-state index in [1.807, 2.05) is 11.9 Å². The first kappa shape index (κ1) is 14.3. The van der Waals surface area contributed by atoms with E-state index in [0.717, 1.165) is 0 Å². The molecule has 12 heavy (non-hydrogen) atoms. The molecule has 76 valence electrons. The molecule has 0 fully saturated rings. The summed E-state index contributed by atoms with van der Waals surface area (Å²) in [6.45, 7) is 2.80. The fourth-order valence-corrected chi connectivity index (χ4v) is 0.453. The predicted octanol–water partition coefficient (Wildman–Crippen LogP) is -2.19. The first-order valence-electron chi connectivity index (χ1n) is 4.03. The lowest BCUT2D eigenvalue weighted by Gasteiger charge is -2.11. The summed E-state index contributed by atoms with van der Waals surface area (Å²) in [5.41, 5.74) is 9.81. The highest BCUT2D eigenvalue weighted by atomic mass is 16.3. The lowest BCUT2D eigenvalue weighted by atomic mass is 10.5. The van der Waals surface area contributed by atoms with Crippen LogP contribution in [0.15, 0.2) is 0 Å². The van der Waals surface area contributed by atoms with E-state index < -0.39 is 0 Å². The molecule has 0 aromatic rings. The number of aliphatic hydroxyl groups excluding tert-OH is 2. The van der Waals surface area contributed by atoms with Gasteiger partial charge in [0.05, 0.1) is 13.2 Å². The maximum absolute atomic E-state index is 8.34. The average molecular weight is 179 g/mol. The van der Waals surface area contributed by atoms with Crippen molar-refractivity contribution in [2.75, 3.05) is 46.4 Å². The van der Waals surface area contributed by atoms with Crippen LogP contribution in [0.2, 0.25) is 0 Å². The Morgan fingerprint density at radius 1 is 1.00 bits per heavy atom. The van der Waals surface area contributed by atoms with Crippen molar-refractivity contribution < 1.29 is 10.2 Å². The molecule has 6 N–H and O–H groups in total. The van der Waals surface area contributed by atoms with E-state index in [1.54, 1.807) is 0 Å². The summed E-state index contributed by atoms with van der Waals surface area (Å²) in [7, 11) is 1.85. The zero-order chi connectivity index (χ0) is 9.82. The summed E-state index contributed by atoms with van der Waals surface area (Å²) in [6, 6.07) is 0. The highest BCUT2D eigenvalue weighted by molar-refractivity contribution is 4.45. The molecule has 0 radical (unpaired) electrons. The Morgan fingerprint density at radius 3 is 1.50 bits per heavy atom. The molecular weight excluding hydrogens is 158 g/mol. The molecule has 0 atom stereocenters. The van der Waals surface area contributed by atoms with Crippen LogP contribution in [-0.4, -0.2) is 61.6 Å². The van der Waals surface area contributed by atoms with Crippen molar-refractivity contribution in [1.29, 1.82) is 0 Å². The number of hydrogen-bond acceptors (Lipinski definition) is 5. The van der Waals surface area contributed by atoms with E-state index >= 15 is 0 Å². The molecule has 0 unspecified atom stereocenters. The van der Waals surface area contributed by atoms with Crippen LogP contribution in [0.5, 0.6) is 0 Å². The third-order valence-corrected chi connectivity index (χ3v) is 1.13. The SMILES string of the molecule is CN(CCO)CCO.NCCN. The summed E-state index contributed by atoms with van der Waals surface area (Å²) in [6.07, 6.45) is 0. The lowest BCUT2D eigenvalue weighted by Crippen LogP contribution is -2.25. The van der Waals surface area contributed by atoms with Crippen LogP contribution in [0.4, 0.5) is 0 Å². The summed E-state index contributed by atoms with van der Waals surface area (Å²) >= 11 is 0. The quantitative estimate of drug-likeness (QED) is 0.384. The monoisotopic (exact) mass is 179 g/mol. The van der Waals surface area contributed by atoms with E-state index in [0.29, 0.717) is 26.2 Å². The number of hydrogen-bond donors (Lipinski definition) is 4. The maximum Gasteiger partial charge on any atom is 0.0558 e. The van der Waals surface area contributed by atoms with E-state index in [1.165, 1.54) is 0 Å².